The van der Waals surface area contributed by atoms with Gasteiger partial charge in [-0.2, -0.15) is 0 Å². The van der Waals surface area contributed by atoms with Gasteiger partial charge in [-0.05, 0) is 48.5 Å². The van der Waals surface area contributed by atoms with Gasteiger partial charge in [-0.3, -0.25) is 9.69 Å². The van der Waals surface area contributed by atoms with Gasteiger partial charge in [0.2, 0.25) is 5.91 Å². The number of thiophene rings is 1. The summed E-state index contributed by atoms with van der Waals surface area (Å²) in [6, 6.07) is 18.2. The third kappa shape index (κ3) is 4.54. The van der Waals surface area contributed by atoms with Crippen molar-refractivity contribution in [3.05, 3.63) is 81.9 Å². The van der Waals surface area contributed by atoms with Gasteiger partial charge in [0.05, 0.1) is 19.1 Å². The summed E-state index contributed by atoms with van der Waals surface area (Å²) in [5.74, 6) is 3.33. The van der Waals surface area contributed by atoms with E-state index in [0.717, 1.165) is 27.9 Å². The second kappa shape index (κ2) is 8.33. The molecule has 2 aromatic heterocycles. The molecule has 0 saturated heterocycles. The number of rotatable bonds is 8. The average molecular weight is 395 g/mol. The number of hydrogen-bond donors (Lipinski definition) is 1. The van der Waals surface area contributed by atoms with E-state index in [0.29, 0.717) is 19.0 Å². The van der Waals surface area contributed by atoms with Crippen LogP contribution in [0.5, 0.6) is 0 Å². The second-order valence-electron chi connectivity index (χ2n) is 7.72. The molecule has 1 amide bonds. The first-order valence-corrected chi connectivity index (χ1v) is 10.6. The lowest BCUT2D eigenvalue weighted by atomic mass is 10.1. The number of likely N-dealkylation sites (N-methyl/N-ethyl adjacent to an activating group) is 1. The van der Waals surface area contributed by atoms with Crippen molar-refractivity contribution in [3.63, 3.8) is 0 Å². The predicted molar refractivity (Wildman–Crippen MR) is 112 cm³/mol. The number of benzene rings is 1. The van der Waals surface area contributed by atoms with Gasteiger partial charge >= 0.3 is 0 Å². The van der Waals surface area contributed by atoms with E-state index < -0.39 is 0 Å². The number of nitrogens with zero attached hydrogens (tertiary/aromatic N) is 1. The normalized spacial score (nSPS) is 19.5. The Kier molecular flexibility index (Phi) is 5.64. The maximum Gasteiger partial charge on any atom is 0.234 e. The highest BCUT2D eigenvalue weighted by atomic mass is 32.1. The minimum absolute atomic E-state index is 0.00680. The SMILES string of the molecule is C[C@@H]1C[C@@H]1c1ccc(CN(C)CC(=O)N[C@@H](c2ccccc2)c2cccs2)o1. The molecule has 0 bridgehead atoms. The summed E-state index contributed by atoms with van der Waals surface area (Å²) in [5.41, 5.74) is 1.09. The number of carbonyl (C=O) groups excluding carboxylic acids is 1. The highest BCUT2D eigenvalue weighted by Crippen LogP contribution is 2.47. The number of furan rings is 1. The van der Waals surface area contributed by atoms with E-state index in [1.54, 1.807) is 11.3 Å². The standard InChI is InChI=1S/C23H26N2O2S/c1-16-13-19(16)20-11-10-18(27-20)14-25(2)15-22(26)24-23(21-9-6-12-28-21)17-7-4-3-5-8-17/h3-12,16,19,23H,13-15H2,1-2H3,(H,24,26)/t16-,19+,23+/m1/s1. The predicted octanol–water partition coefficient (Wildman–Crippen LogP) is 4.80. The molecule has 4 rings (SSSR count). The third-order valence-electron chi connectivity index (χ3n) is 5.26. The zero-order chi connectivity index (χ0) is 19.5. The van der Waals surface area contributed by atoms with E-state index in [4.69, 9.17) is 4.42 Å². The first kappa shape index (κ1) is 19.0. The van der Waals surface area contributed by atoms with Gasteiger partial charge in [0.15, 0.2) is 0 Å². The Bertz CT molecular complexity index is 904. The van der Waals surface area contributed by atoms with Gasteiger partial charge < -0.3 is 9.73 Å². The molecule has 0 aliphatic heterocycles. The molecular formula is C23H26N2O2S. The van der Waals surface area contributed by atoms with Crippen LogP contribution >= 0.6 is 11.3 Å². The van der Waals surface area contributed by atoms with Crippen LogP contribution in [0.3, 0.4) is 0 Å². The quantitative estimate of drug-likeness (QED) is 0.597. The molecule has 3 atom stereocenters. The molecule has 0 radical (unpaired) electrons. The molecule has 146 valence electrons. The van der Waals surface area contributed by atoms with Crippen LogP contribution in [0.2, 0.25) is 0 Å². The zero-order valence-electron chi connectivity index (χ0n) is 16.3. The maximum atomic E-state index is 12.7. The number of hydrogen-bond acceptors (Lipinski definition) is 4. The van der Waals surface area contributed by atoms with Gasteiger partial charge in [0, 0.05) is 10.8 Å². The molecule has 28 heavy (non-hydrogen) atoms. The van der Waals surface area contributed by atoms with Crippen LogP contribution in [0, 0.1) is 5.92 Å². The highest BCUT2D eigenvalue weighted by Gasteiger charge is 2.36. The minimum atomic E-state index is -0.117. The molecule has 2 heterocycles. The van der Waals surface area contributed by atoms with Crippen molar-refractivity contribution >= 4 is 17.2 Å². The van der Waals surface area contributed by atoms with Crippen molar-refractivity contribution in [2.75, 3.05) is 13.6 Å². The number of amides is 1. The molecule has 1 fully saturated rings. The third-order valence-corrected chi connectivity index (χ3v) is 6.20. The monoisotopic (exact) mass is 394 g/mol. The van der Waals surface area contributed by atoms with Crippen LogP contribution in [-0.2, 0) is 11.3 Å². The Morgan fingerprint density at radius 3 is 2.68 bits per heavy atom. The smallest absolute Gasteiger partial charge is 0.234 e. The van der Waals surface area contributed by atoms with Crippen molar-refractivity contribution in [2.45, 2.75) is 31.8 Å². The molecule has 5 heteroatoms. The average Bonchev–Trinajstić information content (AvgIpc) is 3.07. The van der Waals surface area contributed by atoms with Crippen LogP contribution in [0.4, 0.5) is 0 Å². The molecule has 1 aliphatic rings. The van der Waals surface area contributed by atoms with E-state index >= 15 is 0 Å². The van der Waals surface area contributed by atoms with E-state index in [2.05, 4.69) is 36.5 Å². The Morgan fingerprint density at radius 2 is 2.00 bits per heavy atom. The highest BCUT2D eigenvalue weighted by molar-refractivity contribution is 7.10. The van der Waals surface area contributed by atoms with Crippen molar-refractivity contribution in [2.24, 2.45) is 5.92 Å². The lowest BCUT2D eigenvalue weighted by molar-refractivity contribution is -0.122. The van der Waals surface area contributed by atoms with Gasteiger partial charge in [-0.1, -0.05) is 43.3 Å². The van der Waals surface area contributed by atoms with E-state index in [-0.39, 0.29) is 11.9 Å². The number of carbonyl (C=O) groups is 1. The van der Waals surface area contributed by atoms with Crippen LogP contribution in [0.15, 0.2) is 64.4 Å². The Labute approximate surface area is 170 Å². The van der Waals surface area contributed by atoms with Gasteiger partial charge in [0.25, 0.3) is 0 Å². The topological polar surface area (TPSA) is 45.5 Å². The fourth-order valence-corrected chi connectivity index (χ4v) is 4.39. The molecule has 1 aliphatic carbocycles. The lowest BCUT2D eigenvalue weighted by Gasteiger charge is -2.21. The summed E-state index contributed by atoms with van der Waals surface area (Å²) in [4.78, 5) is 15.8. The van der Waals surface area contributed by atoms with E-state index in [9.17, 15) is 4.79 Å². The van der Waals surface area contributed by atoms with Gasteiger partial charge in [-0.15, -0.1) is 11.3 Å². The Hall–Kier alpha value is -2.37. The largest absolute Gasteiger partial charge is 0.464 e. The Balaban J connectivity index is 1.36. The van der Waals surface area contributed by atoms with E-state index in [1.807, 2.05) is 47.7 Å². The van der Waals surface area contributed by atoms with Gasteiger partial charge in [0.1, 0.15) is 11.5 Å². The van der Waals surface area contributed by atoms with Crippen LogP contribution < -0.4 is 5.32 Å². The summed E-state index contributed by atoms with van der Waals surface area (Å²) in [5, 5.41) is 5.23. The summed E-state index contributed by atoms with van der Waals surface area (Å²) in [7, 11) is 1.95. The maximum absolute atomic E-state index is 12.7. The molecule has 0 spiro atoms. The lowest BCUT2D eigenvalue weighted by Crippen LogP contribution is -2.37. The first-order chi connectivity index (χ1) is 13.6. The summed E-state index contributed by atoms with van der Waals surface area (Å²) in [6.07, 6.45) is 1.22. The van der Waals surface area contributed by atoms with Crippen molar-refractivity contribution in [3.8, 4) is 0 Å². The molecule has 1 aromatic carbocycles. The van der Waals surface area contributed by atoms with Gasteiger partial charge in [-0.25, -0.2) is 0 Å². The second-order valence-corrected chi connectivity index (χ2v) is 8.70. The zero-order valence-corrected chi connectivity index (χ0v) is 17.1. The van der Waals surface area contributed by atoms with Crippen LogP contribution in [-0.4, -0.2) is 24.4 Å². The molecule has 1 N–H and O–H groups in total. The fraction of sp³-hybridized carbons (Fsp3) is 0.348. The Morgan fingerprint density at radius 1 is 1.21 bits per heavy atom. The first-order valence-electron chi connectivity index (χ1n) is 9.75. The van der Waals surface area contributed by atoms with Crippen molar-refractivity contribution in [1.29, 1.82) is 0 Å². The summed E-state index contributed by atoms with van der Waals surface area (Å²) >= 11 is 1.66. The summed E-state index contributed by atoms with van der Waals surface area (Å²) < 4.78 is 5.97. The van der Waals surface area contributed by atoms with Crippen molar-refractivity contribution < 1.29 is 9.21 Å². The molecule has 3 aromatic rings. The molecule has 0 unspecified atom stereocenters. The summed E-state index contributed by atoms with van der Waals surface area (Å²) in [6.45, 7) is 3.20. The molecule has 1 saturated carbocycles. The van der Waals surface area contributed by atoms with Crippen LogP contribution in [0.25, 0.3) is 0 Å². The fourth-order valence-electron chi connectivity index (χ4n) is 3.59. The van der Waals surface area contributed by atoms with Crippen molar-refractivity contribution in [1.82, 2.24) is 10.2 Å². The molecular weight excluding hydrogens is 368 g/mol. The number of nitrogens with one attached hydrogen (secondary N) is 1. The van der Waals surface area contributed by atoms with Crippen LogP contribution in [0.1, 0.15) is 47.3 Å². The molecule has 4 nitrogen and oxygen atoms in total. The minimum Gasteiger partial charge on any atom is -0.464 e. The van der Waals surface area contributed by atoms with E-state index in [1.165, 1.54) is 6.42 Å².